The molecule has 4 N–H and O–H groups in total. The van der Waals surface area contributed by atoms with Crippen LogP contribution in [0.5, 0.6) is 0 Å². The minimum absolute atomic E-state index is 0.0279. The van der Waals surface area contributed by atoms with Crippen LogP contribution in [0.15, 0.2) is 36.5 Å². The third kappa shape index (κ3) is 7.27. The molecule has 208 valence electrons. The molecule has 0 spiro atoms. The summed E-state index contributed by atoms with van der Waals surface area (Å²) in [5.41, 5.74) is 0.139. The molecule has 0 saturated carbocycles. The second-order valence-corrected chi connectivity index (χ2v) is 9.52. The van der Waals surface area contributed by atoms with E-state index in [0.29, 0.717) is 11.7 Å². The number of carbonyl (C=O) groups is 6. The number of nitrogens with zero attached hydrogens (tertiary/aromatic N) is 3. The third-order valence-electron chi connectivity index (χ3n) is 6.16. The molecule has 0 unspecified atom stereocenters. The Labute approximate surface area is 224 Å². The van der Waals surface area contributed by atoms with Crippen molar-refractivity contribution in [3.63, 3.8) is 0 Å². The summed E-state index contributed by atoms with van der Waals surface area (Å²) in [6.07, 6.45) is 1.15. The Hall–Kier alpha value is -4.55. The SMILES string of the molecule is CC(C)NC(=O)N1CCN(C(=O)[C@H](C)NC(=O)c2nccc3ccccc23)[C@H](C(=O)N[C@H](C=O)CC(=O)O)C1. The van der Waals surface area contributed by atoms with Crippen molar-refractivity contribution in [1.82, 2.24) is 30.7 Å². The van der Waals surface area contributed by atoms with E-state index in [-0.39, 0.29) is 31.4 Å². The van der Waals surface area contributed by atoms with Gasteiger partial charge < -0.3 is 35.7 Å². The first-order chi connectivity index (χ1) is 18.5. The van der Waals surface area contributed by atoms with Gasteiger partial charge in [0, 0.05) is 30.7 Å². The van der Waals surface area contributed by atoms with Crippen LogP contribution < -0.4 is 16.0 Å². The summed E-state index contributed by atoms with van der Waals surface area (Å²) in [6.45, 7) is 4.91. The second kappa shape index (κ2) is 12.8. The Morgan fingerprint density at radius 2 is 1.77 bits per heavy atom. The van der Waals surface area contributed by atoms with Crippen molar-refractivity contribution in [2.24, 2.45) is 0 Å². The molecule has 1 fully saturated rings. The smallest absolute Gasteiger partial charge is 0.317 e. The molecule has 0 radical (unpaired) electrons. The van der Waals surface area contributed by atoms with E-state index in [4.69, 9.17) is 5.11 Å². The fourth-order valence-electron chi connectivity index (χ4n) is 4.27. The van der Waals surface area contributed by atoms with Crippen LogP contribution in [0.3, 0.4) is 0 Å². The molecule has 39 heavy (non-hydrogen) atoms. The number of pyridine rings is 1. The predicted octanol–water partition coefficient (Wildman–Crippen LogP) is 0.142. The highest BCUT2D eigenvalue weighted by atomic mass is 16.4. The first-order valence-electron chi connectivity index (χ1n) is 12.5. The number of carboxylic acids is 1. The number of carbonyl (C=O) groups excluding carboxylic acids is 5. The van der Waals surface area contributed by atoms with E-state index >= 15 is 0 Å². The zero-order valence-electron chi connectivity index (χ0n) is 21.9. The fourth-order valence-corrected chi connectivity index (χ4v) is 4.27. The number of aliphatic carboxylic acids is 1. The fraction of sp³-hybridized carbons (Fsp3) is 0.423. The van der Waals surface area contributed by atoms with E-state index in [1.54, 1.807) is 32.0 Å². The molecule has 5 amide bonds. The maximum absolute atomic E-state index is 13.5. The van der Waals surface area contributed by atoms with Gasteiger partial charge in [-0.2, -0.15) is 0 Å². The molecule has 1 aromatic carbocycles. The number of amides is 5. The van der Waals surface area contributed by atoms with Gasteiger partial charge in [-0.25, -0.2) is 4.79 Å². The van der Waals surface area contributed by atoms with Crippen molar-refractivity contribution >= 4 is 46.8 Å². The lowest BCUT2D eigenvalue weighted by molar-refractivity contribution is -0.145. The third-order valence-corrected chi connectivity index (χ3v) is 6.16. The molecule has 1 aliphatic rings. The van der Waals surface area contributed by atoms with Gasteiger partial charge in [-0.1, -0.05) is 24.3 Å². The van der Waals surface area contributed by atoms with Crippen molar-refractivity contribution in [3.05, 3.63) is 42.2 Å². The molecule has 13 heteroatoms. The van der Waals surface area contributed by atoms with Crippen LogP contribution in [0.1, 0.15) is 37.7 Å². The molecule has 3 rings (SSSR count). The van der Waals surface area contributed by atoms with Crippen LogP contribution in [0.25, 0.3) is 10.8 Å². The highest BCUT2D eigenvalue weighted by Crippen LogP contribution is 2.17. The number of fused-ring (bicyclic) bond motifs is 1. The summed E-state index contributed by atoms with van der Waals surface area (Å²) in [7, 11) is 0. The average Bonchev–Trinajstić information content (AvgIpc) is 2.90. The van der Waals surface area contributed by atoms with Crippen LogP contribution in [-0.2, 0) is 19.2 Å². The number of hydrogen-bond acceptors (Lipinski definition) is 7. The molecule has 1 aromatic heterocycles. The summed E-state index contributed by atoms with van der Waals surface area (Å²) < 4.78 is 0. The van der Waals surface area contributed by atoms with E-state index < -0.39 is 54.3 Å². The highest BCUT2D eigenvalue weighted by molar-refractivity contribution is 6.06. The van der Waals surface area contributed by atoms with Crippen LogP contribution in [0.4, 0.5) is 4.79 Å². The van der Waals surface area contributed by atoms with Gasteiger partial charge in [-0.05, 0) is 32.2 Å². The van der Waals surface area contributed by atoms with Gasteiger partial charge in [0.15, 0.2) is 0 Å². The van der Waals surface area contributed by atoms with Crippen molar-refractivity contribution in [2.75, 3.05) is 19.6 Å². The standard InChI is InChI=1S/C26H32N6O7/c1-15(2)28-26(39)31-10-11-32(20(13-31)23(36)30-18(14-33)12-21(34)35)25(38)16(3)29-24(37)22-19-7-5-4-6-17(19)8-9-27-22/h4-9,14-16,18,20H,10-13H2,1-3H3,(H,28,39)(H,29,37)(H,30,36)(H,34,35)/t16-,18-,20-/m0/s1. The maximum atomic E-state index is 13.5. The molecule has 0 bridgehead atoms. The first kappa shape index (κ1) is 29.0. The topological polar surface area (TPSA) is 178 Å². The molecular weight excluding hydrogens is 508 g/mol. The maximum Gasteiger partial charge on any atom is 0.317 e. The van der Waals surface area contributed by atoms with Gasteiger partial charge in [0.1, 0.15) is 24.1 Å². The Balaban J connectivity index is 1.79. The molecule has 1 aliphatic heterocycles. The Morgan fingerprint density at radius 3 is 2.44 bits per heavy atom. The Bertz CT molecular complexity index is 1260. The molecule has 2 aromatic rings. The van der Waals surface area contributed by atoms with Gasteiger partial charge in [0.25, 0.3) is 5.91 Å². The normalized spacial score (nSPS) is 16.8. The number of piperazine rings is 1. The number of nitrogens with one attached hydrogen (secondary N) is 3. The van der Waals surface area contributed by atoms with Crippen LogP contribution in [0, 0.1) is 0 Å². The van der Waals surface area contributed by atoms with Crippen LogP contribution in [-0.4, -0.2) is 99.7 Å². The molecule has 2 heterocycles. The van der Waals surface area contributed by atoms with Crippen molar-refractivity contribution in [2.45, 2.75) is 51.4 Å². The lowest BCUT2D eigenvalue weighted by Crippen LogP contribution is -2.65. The molecular formula is C26H32N6O7. The summed E-state index contributed by atoms with van der Waals surface area (Å²) in [4.78, 5) is 81.4. The molecule has 1 saturated heterocycles. The summed E-state index contributed by atoms with van der Waals surface area (Å²) in [6, 6.07) is 4.72. The molecule has 0 aliphatic carbocycles. The van der Waals surface area contributed by atoms with Crippen LogP contribution in [0.2, 0.25) is 0 Å². The second-order valence-electron chi connectivity index (χ2n) is 9.52. The number of benzene rings is 1. The van der Waals surface area contributed by atoms with E-state index in [1.165, 1.54) is 22.9 Å². The van der Waals surface area contributed by atoms with E-state index in [0.717, 1.165) is 5.39 Å². The Morgan fingerprint density at radius 1 is 1.05 bits per heavy atom. The number of rotatable bonds is 9. The summed E-state index contributed by atoms with van der Waals surface area (Å²) in [5, 5.41) is 18.1. The largest absolute Gasteiger partial charge is 0.481 e. The van der Waals surface area contributed by atoms with Crippen LogP contribution >= 0.6 is 0 Å². The van der Waals surface area contributed by atoms with Gasteiger partial charge in [-0.3, -0.25) is 24.2 Å². The van der Waals surface area contributed by atoms with Crippen molar-refractivity contribution in [1.29, 1.82) is 0 Å². The van der Waals surface area contributed by atoms with E-state index in [9.17, 15) is 28.8 Å². The zero-order valence-corrected chi connectivity index (χ0v) is 21.9. The van der Waals surface area contributed by atoms with Gasteiger partial charge in [0.2, 0.25) is 11.8 Å². The quantitative estimate of drug-likeness (QED) is 0.325. The monoisotopic (exact) mass is 540 g/mol. The number of hydrogen-bond donors (Lipinski definition) is 4. The number of aldehydes is 1. The zero-order chi connectivity index (χ0) is 28.7. The molecule has 3 atom stereocenters. The predicted molar refractivity (Wildman–Crippen MR) is 140 cm³/mol. The number of carboxylic acid groups (broad SMARTS) is 1. The average molecular weight is 541 g/mol. The van der Waals surface area contributed by atoms with Crippen molar-refractivity contribution < 1.29 is 33.9 Å². The lowest BCUT2D eigenvalue weighted by atomic mass is 10.1. The first-order valence-corrected chi connectivity index (χ1v) is 12.5. The summed E-state index contributed by atoms with van der Waals surface area (Å²) in [5.74, 6) is -3.25. The molecule has 13 nitrogen and oxygen atoms in total. The highest BCUT2D eigenvalue weighted by Gasteiger charge is 2.39. The van der Waals surface area contributed by atoms with E-state index in [1.807, 2.05) is 12.1 Å². The Kier molecular flexibility index (Phi) is 9.52. The van der Waals surface area contributed by atoms with Gasteiger partial charge in [0.05, 0.1) is 19.0 Å². The van der Waals surface area contributed by atoms with Gasteiger partial charge in [-0.15, -0.1) is 0 Å². The minimum Gasteiger partial charge on any atom is -0.481 e. The lowest BCUT2D eigenvalue weighted by Gasteiger charge is -2.41. The van der Waals surface area contributed by atoms with Gasteiger partial charge >= 0.3 is 12.0 Å². The summed E-state index contributed by atoms with van der Waals surface area (Å²) >= 11 is 0. The van der Waals surface area contributed by atoms with E-state index in [2.05, 4.69) is 20.9 Å². The number of aromatic nitrogens is 1. The minimum atomic E-state index is -1.32. The number of urea groups is 1. The van der Waals surface area contributed by atoms with Crippen molar-refractivity contribution in [3.8, 4) is 0 Å².